The van der Waals surface area contributed by atoms with Crippen molar-refractivity contribution >= 4 is 5.91 Å². The highest BCUT2D eigenvalue weighted by Crippen LogP contribution is 2.29. The number of carbonyl (C=O) groups is 1. The average Bonchev–Trinajstić information content (AvgIpc) is 2.93. The smallest absolute Gasteiger partial charge is 0.345 e. The van der Waals surface area contributed by atoms with Crippen molar-refractivity contribution in [3.63, 3.8) is 0 Å². The van der Waals surface area contributed by atoms with Crippen LogP contribution in [0.3, 0.4) is 0 Å². The Hall–Kier alpha value is -2.38. The molecule has 2 aromatic rings. The van der Waals surface area contributed by atoms with Gasteiger partial charge in [0.25, 0.3) is 11.7 Å². The Bertz CT molecular complexity index is 638. The zero-order valence-electron chi connectivity index (χ0n) is 11.1. The maximum atomic E-state index is 12.6. The fourth-order valence-electron chi connectivity index (χ4n) is 1.61. The second-order valence-corrected chi connectivity index (χ2v) is 4.25. The van der Waals surface area contributed by atoms with Gasteiger partial charge in [-0.1, -0.05) is 24.2 Å². The molecule has 112 valence electrons. The number of halogens is 3. The molecule has 5 nitrogen and oxygen atoms in total. The zero-order chi connectivity index (χ0) is 15.5. The molecule has 21 heavy (non-hydrogen) atoms. The number of amides is 1. The predicted octanol–water partition coefficient (Wildman–Crippen LogP) is 2.58. The molecule has 1 heterocycles. The standard InChI is InChI=1S/C13H12F3N3O2/c1-2-10-18-11(19-21-10)12(20)17-7-8-4-3-5-9(6-8)13(14,15)16/h3-6H,2,7H2,1H3,(H,17,20). The molecule has 0 aliphatic heterocycles. The summed E-state index contributed by atoms with van der Waals surface area (Å²) in [6.45, 7) is 1.73. The minimum Gasteiger partial charge on any atom is -0.345 e. The number of carbonyl (C=O) groups excluding carboxylic acids is 1. The molecule has 0 saturated heterocycles. The lowest BCUT2D eigenvalue weighted by atomic mass is 10.1. The van der Waals surface area contributed by atoms with E-state index in [4.69, 9.17) is 4.52 Å². The number of aromatic nitrogens is 2. The second kappa shape index (κ2) is 5.94. The molecular formula is C13H12F3N3O2. The van der Waals surface area contributed by atoms with Crippen LogP contribution in [0.25, 0.3) is 0 Å². The summed E-state index contributed by atoms with van der Waals surface area (Å²) in [5.74, 6) is -0.422. The highest BCUT2D eigenvalue weighted by Gasteiger charge is 2.30. The van der Waals surface area contributed by atoms with E-state index in [1.807, 2.05) is 0 Å². The molecule has 1 N–H and O–H groups in total. The fourth-order valence-corrected chi connectivity index (χ4v) is 1.61. The number of hydrogen-bond donors (Lipinski definition) is 1. The molecule has 2 rings (SSSR count). The SMILES string of the molecule is CCc1nc(C(=O)NCc2cccc(C(F)(F)F)c2)no1. The van der Waals surface area contributed by atoms with Crippen LogP contribution in [0, 0.1) is 0 Å². The summed E-state index contributed by atoms with van der Waals surface area (Å²) in [7, 11) is 0. The number of nitrogens with one attached hydrogen (secondary N) is 1. The van der Waals surface area contributed by atoms with E-state index in [0.29, 0.717) is 17.9 Å². The molecule has 0 aliphatic rings. The van der Waals surface area contributed by atoms with Crippen molar-refractivity contribution < 1.29 is 22.5 Å². The van der Waals surface area contributed by atoms with Crippen molar-refractivity contribution in [2.75, 3.05) is 0 Å². The van der Waals surface area contributed by atoms with Gasteiger partial charge in [-0.2, -0.15) is 18.2 Å². The van der Waals surface area contributed by atoms with Crippen LogP contribution in [0.4, 0.5) is 13.2 Å². The van der Waals surface area contributed by atoms with Gasteiger partial charge in [0.2, 0.25) is 5.89 Å². The van der Waals surface area contributed by atoms with Crippen LogP contribution < -0.4 is 5.32 Å². The number of aryl methyl sites for hydroxylation is 1. The van der Waals surface area contributed by atoms with Crippen LogP contribution in [0.2, 0.25) is 0 Å². The van der Waals surface area contributed by atoms with E-state index in [1.165, 1.54) is 12.1 Å². The van der Waals surface area contributed by atoms with Crippen LogP contribution in [-0.4, -0.2) is 16.0 Å². The highest BCUT2D eigenvalue weighted by molar-refractivity contribution is 5.90. The molecule has 0 spiro atoms. The lowest BCUT2D eigenvalue weighted by molar-refractivity contribution is -0.137. The van der Waals surface area contributed by atoms with E-state index >= 15 is 0 Å². The third kappa shape index (κ3) is 3.80. The van der Waals surface area contributed by atoms with Crippen molar-refractivity contribution in [2.24, 2.45) is 0 Å². The molecule has 1 aromatic carbocycles. The molecule has 1 amide bonds. The highest BCUT2D eigenvalue weighted by atomic mass is 19.4. The minimum atomic E-state index is -4.41. The molecule has 0 atom stereocenters. The maximum Gasteiger partial charge on any atom is 0.416 e. The molecule has 0 unspecified atom stereocenters. The average molecular weight is 299 g/mol. The summed E-state index contributed by atoms with van der Waals surface area (Å²) in [4.78, 5) is 15.5. The van der Waals surface area contributed by atoms with Crippen LogP contribution in [0.1, 0.15) is 34.6 Å². The quantitative estimate of drug-likeness (QED) is 0.942. The van der Waals surface area contributed by atoms with Crippen LogP contribution in [-0.2, 0) is 19.1 Å². The molecular weight excluding hydrogens is 287 g/mol. The first-order valence-corrected chi connectivity index (χ1v) is 6.17. The van der Waals surface area contributed by atoms with E-state index in [1.54, 1.807) is 6.92 Å². The van der Waals surface area contributed by atoms with Gasteiger partial charge < -0.3 is 9.84 Å². The van der Waals surface area contributed by atoms with Gasteiger partial charge in [-0.05, 0) is 17.7 Å². The summed E-state index contributed by atoms with van der Waals surface area (Å²) < 4.78 is 42.4. The first-order chi connectivity index (χ1) is 9.90. The van der Waals surface area contributed by atoms with Crippen molar-refractivity contribution in [3.8, 4) is 0 Å². The summed E-state index contributed by atoms with van der Waals surface area (Å²) in [5, 5.41) is 5.92. The van der Waals surface area contributed by atoms with E-state index in [2.05, 4.69) is 15.5 Å². The van der Waals surface area contributed by atoms with Gasteiger partial charge in [-0.3, -0.25) is 4.79 Å². The topological polar surface area (TPSA) is 68.0 Å². The van der Waals surface area contributed by atoms with Crippen LogP contribution >= 0.6 is 0 Å². The van der Waals surface area contributed by atoms with Crippen molar-refractivity contribution in [2.45, 2.75) is 26.1 Å². The Morgan fingerprint density at radius 3 is 2.76 bits per heavy atom. The summed E-state index contributed by atoms with van der Waals surface area (Å²) in [6, 6.07) is 4.73. The largest absolute Gasteiger partial charge is 0.416 e. The van der Waals surface area contributed by atoms with Crippen molar-refractivity contribution in [3.05, 3.63) is 47.1 Å². The normalized spacial score (nSPS) is 11.4. The molecule has 8 heteroatoms. The van der Waals surface area contributed by atoms with E-state index in [9.17, 15) is 18.0 Å². The van der Waals surface area contributed by atoms with Gasteiger partial charge in [0.1, 0.15) is 0 Å². The lowest BCUT2D eigenvalue weighted by Gasteiger charge is -2.08. The molecule has 0 radical (unpaired) electrons. The van der Waals surface area contributed by atoms with Gasteiger partial charge in [0.05, 0.1) is 5.56 Å². The van der Waals surface area contributed by atoms with E-state index in [-0.39, 0.29) is 12.4 Å². The minimum absolute atomic E-state index is 0.0568. The number of benzene rings is 1. The number of hydrogen-bond acceptors (Lipinski definition) is 4. The van der Waals surface area contributed by atoms with Gasteiger partial charge in [-0.25, -0.2) is 0 Å². The van der Waals surface area contributed by atoms with Gasteiger partial charge in [0.15, 0.2) is 0 Å². The Morgan fingerprint density at radius 2 is 2.14 bits per heavy atom. The van der Waals surface area contributed by atoms with Gasteiger partial charge in [0, 0.05) is 13.0 Å². The zero-order valence-corrected chi connectivity index (χ0v) is 11.1. The van der Waals surface area contributed by atoms with Gasteiger partial charge in [-0.15, -0.1) is 0 Å². The monoisotopic (exact) mass is 299 g/mol. The van der Waals surface area contributed by atoms with Crippen molar-refractivity contribution in [1.29, 1.82) is 0 Å². The second-order valence-electron chi connectivity index (χ2n) is 4.25. The first kappa shape index (κ1) is 15.0. The van der Waals surface area contributed by atoms with Gasteiger partial charge >= 0.3 is 6.18 Å². The Balaban J connectivity index is 2.01. The van der Waals surface area contributed by atoms with E-state index < -0.39 is 17.6 Å². The van der Waals surface area contributed by atoms with Crippen LogP contribution in [0.5, 0.6) is 0 Å². The molecule has 0 aliphatic carbocycles. The summed E-state index contributed by atoms with van der Waals surface area (Å²) >= 11 is 0. The predicted molar refractivity (Wildman–Crippen MR) is 66.3 cm³/mol. The third-order valence-corrected chi connectivity index (χ3v) is 2.68. The fraction of sp³-hybridized carbons (Fsp3) is 0.308. The number of alkyl halides is 3. The Kier molecular flexibility index (Phi) is 4.25. The summed E-state index contributed by atoms with van der Waals surface area (Å²) in [5.41, 5.74) is -0.431. The lowest BCUT2D eigenvalue weighted by Crippen LogP contribution is -2.24. The Labute approximate surface area is 118 Å². The van der Waals surface area contributed by atoms with Crippen LogP contribution in [0.15, 0.2) is 28.8 Å². The maximum absolute atomic E-state index is 12.6. The van der Waals surface area contributed by atoms with E-state index in [0.717, 1.165) is 12.1 Å². The third-order valence-electron chi connectivity index (χ3n) is 2.68. The molecule has 0 bridgehead atoms. The number of nitrogens with zero attached hydrogens (tertiary/aromatic N) is 2. The molecule has 1 aromatic heterocycles. The molecule has 0 fully saturated rings. The number of rotatable bonds is 4. The first-order valence-electron chi connectivity index (χ1n) is 6.17. The summed E-state index contributed by atoms with van der Waals surface area (Å²) in [6.07, 6.45) is -3.92. The molecule has 0 saturated carbocycles. The van der Waals surface area contributed by atoms with Crippen molar-refractivity contribution in [1.82, 2.24) is 15.5 Å². The Morgan fingerprint density at radius 1 is 1.38 bits per heavy atom.